The minimum atomic E-state index is 0.258. The van der Waals surface area contributed by atoms with Crippen LogP contribution in [0.15, 0.2) is 22.7 Å². The maximum atomic E-state index is 9.33. The molecule has 0 aliphatic heterocycles. The molecule has 1 N–H and O–H groups in total. The monoisotopic (exact) mass is 225 g/mol. The van der Waals surface area contributed by atoms with Crippen molar-refractivity contribution in [2.45, 2.75) is 12.8 Å². The van der Waals surface area contributed by atoms with Gasteiger partial charge in [0.15, 0.2) is 0 Å². The number of nitrogens with zero attached hydrogens (tertiary/aromatic N) is 1. The number of phenols is 1. The van der Waals surface area contributed by atoms with Gasteiger partial charge in [-0.05, 0) is 30.2 Å². The fraction of sp³-hybridized carbons (Fsp3) is 0.222. The smallest absolute Gasteiger partial charge is 0.118 e. The Labute approximate surface area is 79.6 Å². The van der Waals surface area contributed by atoms with E-state index in [2.05, 4.69) is 15.9 Å². The second-order valence-electron chi connectivity index (χ2n) is 2.43. The molecule has 0 saturated heterocycles. The van der Waals surface area contributed by atoms with Gasteiger partial charge < -0.3 is 5.11 Å². The predicted octanol–water partition coefficient (Wildman–Crippen LogP) is 2.61. The van der Waals surface area contributed by atoms with Gasteiger partial charge in [-0.25, -0.2) is 0 Å². The van der Waals surface area contributed by atoms with Gasteiger partial charge in [-0.1, -0.05) is 15.9 Å². The van der Waals surface area contributed by atoms with Crippen LogP contribution in [0.1, 0.15) is 12.0 Å². The Kier molecular flexibility index (Phi) is 3.12. The molecule has 0 atom stereocenters. The van der Waals surface area contributed by atoms with Crippen molar-refractivity contribution in [1.29, 1.82) is 5.26 Å². The van der Waals surface area contributed by atoms with Crippen LogP contribution in [0.4, 0.5) is 0 Å². The molecule has 0 bridgehead atoms. The third-order valence-electron chi connectivity index (χ3n) is 1.55. The molecule has 0 aliphatic carbocycles. The summed E-state index contributed by atoms with van der Waals surface area (Å²) < 4.78 is 0.924. The van der Waals surface area contributed by atoms with Gasteiger partial charge in [-0.15, -0.1) is 0 Å². The summed E-state index contributed by atoms with van der Waals surface area (Å²) in [6.07, 6.45) is 1.03. The van der Waals surface area contributed by atoms with Gasteiger partial charge >= 0.3 is 0 Å². The van der Waals surface area contributed by atoms with Crippen LogP contribution >= 0.6 is 15.9 Å². The molecule has 0 fully saturated rings. The third kappa shape index (κ3) is 2.24. The molecule has 0 radical (unpaired) electrons. The summed E-state index contributed by atoms with van der Waals surface area (Å²) in [6, 6.07) is 7.25. The minimum absolute atomic E-state index is 0.258. The van der Waals surface area contributed by atoms with E-state index >= 15 is 0 Å². The Hall–Kier alpha value is -1.01. The summed E-state index contributed by atoms with van der Waals surface area (Å²) in [7, 11) is 0. The fourth-order valence-electron chi connectivity index (χ4n) is 0.945. The molecular weight excluding hydrogens is 218 g/mol. The highest BCUT2D eigenvalue weighted by atomic mass is 79.9. The van der Waals surface area contributed by atoms with Gasteiger partial charge in [0.05, 0.1) is 6.07 Å². The number of aromatic hydroxyl groups is 1. The first-order chi connectivity index (χ1) is 5.74. The van der Waals surface area contributed by atoms with Crippen LogP contribution in [-0.2, 0) is 6.42 Å². The molecule has 0 saturated carbocycles. The second kappa shape index (κ2) is 4.13. The molecule has 0 spiro atoms. The first-order valence-electron chi connectivity index (χ1n) is 3.58. The quantitative estimate of drug-likeness (QED) is 0.842. The highest BCUT2D eigenvalue weighted by Crippen LogP contribution is 2.22. The van der Waals surface area contributed by atoms with E-state index in [1.165, 1.54) is 0 Å². The zero-order valence-electron chi connectivity index (χ0n) is 6.42. The zero-order valence-corrected chi connectivity index (χ0v) is 8.00. The van der Waals surface area contributed by atoms with Crippen LogP contribution in [0, 0.1) is 11.3 Å². The standard InChI is InChI=1S/C9H8BrNO/c10-8-3-4-9(12)7(6-8)2-1-5-11/h3-4,6,12H,1-2H2. The van der Waals surface area contributed by atoms with E-state index in [0.29, 0.717) is 12.8 Å². The maximum absolute atomic E-state index is 9.33. The number of hydrogen-bond donors (Lipinski definition) is 1. The topological polar surface area (TPSA) is 44.0 Å². The summed E-state index contributed by atoms with van der Waals surface area (Å²) >= 11 is 3.29. The van der Waals surface area contributed by atoms with Gasteiger partial charge in [0.25, 0.3) is 0 Å². The Bertz CT molecular complexity index is 317. The summed E-state index contributed by atoms with van der Waals surface area (Å²) in [5.74, 6) is 0.258. The first kappa shape index (κ1) is 9.08. The molecule has 62 valence electrons. The number of benzene rings is 1. The Balaban J connectivity index is 2.84. The minimum Gasteiger partial charge on any atom is -0.508 e. The maximum Gasteiger partial charge on any atom is 0.118 e. The SMILES string of the molecule is N#CCCc1cc(Br)ccc1O. The lowest BCUT2D eigenvalue weighted by molar-refractivity contribution is 0.468. The van der Waals surface area contributed by atoms with Crippen molar-refractivity contribution in [3.05, 3.63) is 28.2 Å². The predicted molar refractivity (Wildman–Crippen MR) is 49.7 cm³/mol. The third-order valence-corrected chi connectivity index (χ3v) is 2.04. The van der Waals surface area contributed by atoms with Crippen LogP contribution in [0.2, 0.25) is 0 Å². The summed E-state index contributed by atoms with van der Waals surface area (Å²) in [4.78, 5) is 0. The van der Waals surface area contributed by atoms with Crippen LogP contribution in [-0.4, -0.2) is 5.11 Å². The van der Waals surface area contributed by atoms with E-state index in [1.807, 2.05) is 12.1 Å². The lowest BCUT2D eigenvalue weighted by atomic mass is 10.1. The van der Waals surface area contributed by atoms with E-state index < -0.39 is 0 Å². The highest BCUT2D eigenvalue weighted by Gasteiger charge is 2.00. The molecular formula is C9H8BrNO. The van der Waals surface area contributed by atoms with Crippen LogP contribution in [0.3, 0.4) is 0 Å². The second-order valence-corrected chi connectivity index (χ2v) is 3.35. The van der Waals surface area contributed by atoms with E-state index in [9.17, 15) is 5.11 Å². The average Bonchev–Trinajstić information content (AvgIpc) is 2.07. The van der Waals surface area contributed by atoms with E-state index in [0.717, 1.165) is 10.0 Å². The fourth-order valence-corrected chi connectivity index (χ4v) is 1.35. The highest BCUT2D eigenvalue weighted by molar-refractivity contribution is 9.10. The van der Waals surface area contributed by atoms with Crippen LogP contribution < -0.4 is 0 Å². The Morgan fingerprint density at radius 2 is 2.25 bits per heavy atom. The number of aryl methyl sites for hydroxylation is 1. The zero-order chi connectivity index (χ0) is 8.97. The Morgan fingerprint density at radius 3 is 2.92 bits per heavy atom. The van der Waals surface area contributed by atoms with Gasteiger partial charge in [-0.2, -0.15) is 5.26 Å². The molecule has 0 aromatic heterocycles. The Morgan fingerprint density at radius 1 is 1.50 bits per heavy atom. The van der Waals surface area contributed by atoms with E-state index in [1.54, 1.807) is 12.1 Å². The molecule has 0 heterocycles. The number of phenolic OH excluding ortho intramolecular Hbond substituents is 1. The molecule has 1 aromatic rings. The molecule has 0 aliphatic rings. The van der Waals surface area contributed by atoms with Crippen molar-refractivity contribution in [3.8, 4) is 11.8 Å². The normalized spacial score (nSPS) is 9.33. The molecule has 2 nitrogen and oxygen atoms in total. The molecule has 12 heavy (non-hydrogen) atoms. The summed E-state index contributed by atoms with van der Waals surface area (Å²) in [5, 5.41) is 17.7. The summed E-state index contributed by atoms with van der Waals surface area (Å²) in [5.41, 5.74) is 0.811. The van der Waals surface area contributed by atoms with Gasteiger partial charge in [0, 0.05) is 10.9 Å². The van der Waals surface area contributed by atoms with Gasteiger partial charge in [0.2, 0.25) is 0 Å². The van der Waals surface area contributed by atoms with Crippen LogP contribution in [0.25, 0.3) is 0 Å². The number of nitriles is 1. The summed E-state index contributed by atoms with van der Waals surface area (Å²) in [6.45, 7) is 0. The van der Waals surface area contributed by atoms with E-state index in [4.69, 9.17) is 5.26 Å². The lowest BCUT2D eigenvalue weighted by Crippen LogP contribution is -1.84. The number of rotatable bonds is 2. The molecule has 1 rings (SSSR count). The van der Waals surface area contributed by atoms with Gasteiger partial charge in [0.1, 0.15) is 5.75 Å². The van der Waals surface area contributed by atoms with Crippen molar-refractivity contribution >= 4 is 15.9 Å². The lowest BCUT2D eigenvalue weighted by Gasteiger charge is -2.01. The molecule has 0 unspecified atom stereocenters. The van der Waals surface area contributed by atoms with Crippen molar-refractivity contribution in [1.82, 2.24) is 0 Å². The number of hydrogen-bond acceptors (Lipinski definition) is 2. The first-order valence-corrected chi connectivity index (χ1v) is 4.37. The van der Waals surface area contributed by atoms with Crippen molar-refractivity contribution < 1.29 is 5.11 Å². The van der Waals surface area contributed by atoms with Crippen molar-refractivity contribution in [2.24, 2.45) is 0 Å². The van der Waals surface area contributed by atoms with E-state index in [-0.39, 0.29) is 5.75 Å². The molecule has 0 amide bonds. The molecule has 1 aromatic carbocycles. The largest absolute Gasteiger partial charge is 0.508 e. The van der Waals surface area contributed by atoms with Crippen molar-refractivity contribution in [2.75, 3.05) is 0 Å². The molecule has 3 heteroatoms. The van der Waals surface area contributed by atoms with Crippen molar-refractivity contribution in [3.63, 3.8) is 0 Å². The van der Waals surface area contributed by atoms with Crippen LogP contribution in [0.5, 0.6) is 5.75 Å². The average molecular weight is 226 g/mol. The van der Waals surface area contributed by atoms with Gasteiger partial charge in [-0.3, -0.25) is 0 Å². The number of halogens is 1.